The Morgan fingerprint density at radius 2 is 1.73 bits per heavy atom. The Hall–Kier alpha value is -1.42. The normalized spacial score (nSPS) is 35.4. The van der Waals surface area contributed by atoms with E-state index in [1.807, 2.05) is 0 Å². The van der Waals surface area contributed by atoms with E-state index in [-0.39, 0.29) is 22.3 Å². The maximum Gasteiger partial charge on any atom is 0.319 e. The summed E-state index contributed by atoms with van der Waals surface area (Å²) in [5.41, 5.74) is 0.601. The molecule has 118 valence electrons. The zero-order valence-electron chi connectivity index (χ0n) is 12.4. The first-order valence-electron chi connectivity index (χ1n) is 8.09. The van der Waals surface area contributed by atoms with Crippen LogP contribution in [0.25, 0.3) is 0 Å². The molecular weight excluding hydrogens is 300 g/mol. The number of carbonyl (C=O) groups is 1. The lowest BCUT2D eigenvalue weighted by atomic mass is 9.53. The van der Waals surface area contributed by atoms with Crippen LogP contribution in [0.2, 0.25) is 5.02 Å². The van der Waals surface area contributed by atoms with E-state index >= 15 is 0 Å². The van der Waals surface area contributed by atoms with Crippen LogP contribution in [-0.2, 0) is 0 Å². The number of hydrogen-bond acceptors (Lipinski definition) is 2. The molecule has 5 heteroatoms. The molecule has 5 rings (SSSR count). The first-order chi connectivity index (χ1) is 10.5. The number of nitrogens with one attached hydrogen (secondary N) is 2. The number of phenols is 1. The van der Waals surface area contributed by atoms with Crippen LogP contribution in [0.1, 0.15) is 38.5 Å². The minimum absolute atomic E-state index is 0.000449. The molecule has 2 amide bonds. The number of rotatable bonds is 2. The van der Waals surface area contributed by atoms with E-state index in [1.165, 1.54) is 25.3 Å². The van der Waals surface area contributed by atoms with Gasteiger partial charge in [-0.15, -0.1) is 0 Å². The molecule has 4 nitrogen and oxygen atoms in total. The van der Waals surface area contributed by atoms with E-state index < -0.39 is 0 Å². The Labute approximate surface area is 135 Å². The van der Waals surface area contributed by atoms with Crippen molar-refractivity contribution in [2.45, 2.75) is 44.1 Å². The molecule has 22 heavy (non-hydrogen) atoms. The first kappa shape index (κ1) is 14.2. The number of phenolic OH excluding ortho intramolecular Hbond substituents is 1. The molecule has 0 unspecified atom stereocenters. The van der Waals surface area contributed by atoms with Crippen molar-refractivity contribution in [1.29, 1.82) is 0 Å². The lowest BCUT2D eigenvalue weighted by molar-refractivity contribution is -0.0127. The lowest BCUT2D eigenvalue weighted by Crippen LogP contribution is -2.60. The summed E-state index contributed by atoms with van der Waals surface area (Å²) in [4.78, 5) is 12.4. The van der Waals surface area contributed by atoms with Gasteiger partial charge in [0, 0.05) is 11.2 Å². The summed E-state index contributed by atoms with van der Waals surface area (Å²) in [6, 6.07) is 4.54. The van der Waals surface area contributed by atoms with E-state index in [1.54, 1.807) is 12.1 Å². The Morgan fingerprint density at radius 1 is 1.14 bits per heavy atom. The van der Waals surface area contributed by atoms with Crippen molar-refractivity contribution in [2.75, 3.05) is 5.32 Å². The maximum absolute atomic E-state index is 12.4. The summed E-state index contributed by atoms with van der Waals surface area (Å²) in [5, 5.41) is 15.8. The largest absolute Gasteiger partial charge is 0.506 e. The fraction of sp³-hybridized carbons (Fsp3) is 0.588. The predicted octanol–water partition coefficient (Wildman–Crippen LogP) is 4.14. The summed E-state index contributed by atoms with van der Waals surface area (Å²) in [6.07, 6.45) is 7.45. The van der Waals surface area contributed by atoms with Crippen LogP contribution in [0.3, 0.4) is 0 Å². The molecule has 0 atom stereocenters. The van der Waals surface area contributed by atoms with Crippen LogP contribution in [0.5, 0.6) is 5.75 Å². The maximum atomic E-state index is 12.4. The second-order valence-corrected chi connectivity index (χ2v) is 7.85. The molecule has 4 fully saturated rings. The van der Waals surface area contributed by atoms with Crippen LogP contribution in [-0.4, -0.2) is 16.7 Å². The molecule has 0 aromatic heterocycles. The third kappa shape index (κ3) is 2.54. The number of aromatic hydroxyl groups is 1. The highest BCUT2D eigenvalue weighted by Gasteiger charge is 2.51. The zero-order valence-corrected chi connectivity index (χ0v) is 13.2. The number of anilines is 1. The quantitative estimate of drug-likeness (QED) is 0.717. The second kappa shape index (κ2) is 5.05. The molecular formula is C17H21ClN2O2. The summed E-state index contributed by atoms with van der Waals surface area (Å²) in [5.74, 6) is 2.42. The van der Waals surface area contributed by atoms with Crippen LogP contribution in [0, 0.1) is 17.8 Å². The summed E-state index contributed by atoms with van der Waals surface area (Å²) in [7, 11) is 0. The van der Waals surface area contributed by atoms with Gasteiger partial charge < -0.3 is 15.7 Å². The number of carbonyl (C=O) groups excluding carboxylic acids is 1. The summed E-state index contributed by atoms with van der Waals surface area (Å²) < 4.78 is 0. The zero-order chi connectivity index (χ0) is 15.3. The number of urea groups is 1. The fourth-order valence-electron chi connectivity index (χ4n) is 5.25. The molecule has 3 N–H and O–H groups in total. The van der Waals surface area contributed by atoms with Crippen molar-refractivity contribution in [2.24, 2.45) is 17.8 Å². The van der Waals surface area contributed by atoms with E-state index in [2.05, 4.69) is 10.6 Å². The monoisotopic (exact) mass is 320 g/mol. The first-order valence-corrected chi connectivity index (χ1v) is 8.47. The van der Waals surface area contributed by atoms with Crippen LogP contribution >= 0.6 is 11.6 Å². The third-order valence-electron chi connectivity index (χ3n) is 5.62. The van der Waals surface area contributed by atoms with Gasteiger partial charge in [0.25, 0.3) is 0 Å². The Bertz CT molecular complexity index is 581. The Morgan fingerprint density at radius 3 is 2.27 bits per heavy atom. The van der Waals surface area contributed by atoms with Gasteiger partial charge in [-0.1, -0.05) is 11.6 Å². The van der Waals surface area contributed by atoms with Crippen molar-refractivity contribution in [1.82, 2.24) is 5.32 Å². The molecule has 0 aliphatic heterocycles. The average Bonchev–Trinajstić information content (AvgIpc) is 2.40. The van der Waals surface area contributed by atoms with Gasteiger partial charge in [-0.3, -0.25) is 0 Å². The highest BCUT2D eigenvalue weighted by Crippen LogP contribution is 2.55. The molecule has 0 radical (unpaired) electrons. The topological polar surface area (TPSA) is 61.4 Å². The van der Waals surface area contributed by atoms with Gasteiger partial charge in [-0.05, 0) is 74.5 Å². The average molecular weight is 321 g/mol. The highest BCUT2D eigenvalue weighted by molar-refractivity contribution is 6.32. The van der Waals surface area contributed by atoms with Crippen molar-refractivity contribution in [3.8, 4) is 5.75 Å². The van der Waals surface area contributed by atoms with E-state index in [4.69, 9.17) is 11.6 Å². The molecule has 4 bridgehead atoms. The second-order valence-electron chi connectivity index (χ2n) is 7.44. The number of amides is 2. The van der Waals surface area contributed by atoms with Crippen molar-refractivity contribution in [3.63, 3.8) is 0 Å². The predicted molar refractivity (Wildman–Crippen MR) is 86.2 cm³/mol. The summed E-state index contributed by atoms with van der Waals surface area (Å²) >= 11 is 5.88. The third-order valence-corrected chi connectivity index (χ3v) is 5.93. The highest BCUT2D eigenvalue weighted by atomic mass is 35.5. The molecule has 0 heterocycles. The van der Waals surface area contributed by atoms with Gasteiger partial charge >= 0.3 is 6.03 Å². The molecule has 4 aliphatic rings. The molecule has 4 saturated carbocycles. The van der Waals surface area contributed by atoms with Crippen LogP contribution < -0.4 is 10.6 Å². The van der Waals surface area contributed by atoms with Crippen LogP contribution in [0.4, 0.5) is 10.5 Å². The molecule has 1 aromatic rings. The van der Waals surface area contributed by atoms with Gasteiger partial charge in [0.1, 0.15) is 5.75 Å². The molecule has 1 aromatic carbocycles. The van der Waals surface area contributed by atoms with Gasteiger partial charge in [0.05, 0.1) is 5.02 Å². The van der Waals surface area contributed by atoms with Crippen molar-refractivity contribution >= 4 is 23.3 Å². The Kier molecular flexibility index (Phi) is 3.26. The molecule has 0 saturated heterocycles. The van der Waals surface area contributed by atoms with E-state index in [0.29, 0.717) is 5.69 Å². The minimum Gasteiger partial charge on any atom is -0.506 e. The number of benzene rings is 1. The van der Waals surface area contributed by atoms with Crippen molar-refractivity contribution < 1.29 is 9.90 Å². The Balaban J connectivity index is 1.44. The molecule has 0 spiro atoms. The van der Waals surface area contributed by atoms with E-state index in [9.17, 15) is 9.90 Å². The smallest absolute Gasteiger partial charge is 0.319 e. The summed E-state index contributed by atoms with van der Waals surface area (Å²) in [6.45, 7) is 0. The lowest BCUT2D eigenvalue weighted by Gasteiger charge is -2.56. The van der Waals surface area contributed by atoms with E-state index in [0.717, 1.165) is 37.0 Å². The number of halogens is 1. The standard InChI is InChI=1S/C17H21ClN2O2/c18-14-6-13(1-2-15(14)21)19-16(22)20-17-7-10-3-11(8-17)5-12(4-10)9-17/h1-2,6,10-12,21H,3-5,7-9H2,(H2,19,20,22). The van der Waals surface area contributed by atoms with Crippen LogP contribution in [0.15, 0.2) is 18.2 Å². The minimum atomic E-state index is -0.163. The molecule has 4 aliphatic carbocycles. The van der Waals surface area contributed by atoms with Gasteiger partial charge in [-0.25, -0.2) is 4.79 Å². The van der Waals surface area contributed by atoms with Gasteiger partial charge in [-0.2, -0.15) is 0 Å². The fourth-order valence-corrected chi connectivity index (χ4v) is 5.43. The van der Waals surface area contributed by atoms with Crippen molar-refractivity contribution in [3.05, 3.63) is 23.2 Å². The van der Waals surface area contributed by atoms with Gasteiger partial charge in [0.15, 0.2) is 0 Å². The SMILES string of the molecule is O=C(Nc1ccc(O)c(Cl)c1)NC12CC3CC(CC(C3)C1)C2. The van der Waals surface area contributed by atoms with Gasteiger partial charge in [0.2, 0.25) is 0 Å². The number of hydrogen-bond donors (Lipinski definition) is 3.